The van der Waals surface area contributed by atoms with Crippen LogP contribution in [-0.2, 0) is 0 Å². The largest absolute Gasteiger partial charge is 0.573 e. The highest BCUT2D eigenvalue weighted by atomic mass is 19.4. The predicted molar refractivity (Wildman–Crippen MR) is 51.0 cm³/mol. The highest BCUT2D eigenvalue weighted by Gasteiger charge is 2.42. The molecule has 0 saturated heterocycles. The summed E-state index contributed by atoms with van der Waals surface area (Å²) in [6.07, 6.45) is -9.76. The average molecular weight is 273 g/mol. The summed E-state index contributed by atoms with van der Waals surface area (Å²) < 4.78 is 77.6. The predicted octanol–water partition coefficient (Wildman–Crippen LogP) is 3.41. The van der Waals surface area contributed by atoms with E-state index < -0.39 is 29.9 Å². The van der Waals surface area contributed by atoms with Gasteiger partial charge in [-0.15, -0.1) is 13.2 Å². The Balaban J connectivity index is 3.15. The molecule has 0 spiro atoms. The monoisotopic (exact) mass is 273 g/mol. The van der Waals surface area contributed by atoms with Crippen LogP contribution < -0.4 is 10.1 Å². The van der Waals surface area contributed by atoms with Gasteiger partial charge in [0.1, 0.15) is 11.8 Å². The van der Waals surface area contributed by atoms with Crippen LogP contribution >= 0.6 is 0 Å². The van der Waals surface area contributed by atoms with Crippen LogP contribution in [0.15, 0.2) is 24.3 Å². The van der Waals surface area contributed by atoms with Crippen LogP contribution in [0.4, 0.5) is 26.3 Å². The van der Waals surface area contributed by atoms with Crippen LogP contribution in [0.5, 0.6) is 5.75 Å². The van der Waals surface area contributed by atoms with E-state index in [1.54, 1.807) is 0 Å². The van der Waals surface area contributed by atoms with E-state index in [0.717, 1.165) is 25.2 Å². The second-order valence-corrected chi connectivity index (χ2v) is 3.35. The van der Waals surface area contributed by atoms with Crippen molar-refractivity contribution in [2.45, 2.75) is 18.6 Å². The number of benzene rings is 1. The van der Waals surface area contributed by atoms with Crippen molar-refractivity contribution in [3.05, 3.63) is 29.8 Å². The van der Waals surface area contributed by atoms with Gasteiger partial charge in [0.2, 0.25) is 0 Å². The van der Waals surface area contributed by atoms with E-state index in [4.69, 9.17) is 0 Å². The highest BCUT2D eigenvalue weighted by molar-refractivity contribution is 5.36. The number of alkyl halides is 6. The molecule has 0 aliphatic rings. The number of rotatable bonds is 3. The molecule has 0 aliphatic heterocycles. The summed E-state index contributed by atoms with van der Waals surface area (Å²) in [4.78, 5) is 0. The second kappa shape index (κ2) is 5.05. The average Bonchev–Trinajstić information content (AvgIpc) is 2.17. The summed E-state index contributed by atoms with van der Waals surface area (Å²) in [7, 11) is 1.00. The molecule has 0 aliphatic carbocycles. The van der Waals surface area contributed by atoms with Crippen molar-refractivity contribution >= 4 is 0 Å². The van der Waals surface area contributed by atoms with Gasteiger partial charge in [-0.25, -0.2) is 0 Å². The van der Waals surface area contributed by atoms with E-state index in [0.29, 0.717) is 0 Å². The first-order valence-electron chi connectivity index (χ1n) is 4.74. The molecule has 0 fully saturated rings. The lowest BCUT2D eigenvalue weighted by atomic mass is 10.1. The molecule has 1 unspecified atom stereocenters. The zero-order valence-electron chi connectivity index (χ0n) is 9.06. The first-order chi connectivity index (χ1) is 8.15. The minimum Gasteiger partial charge on any atom is -0.405 e. The molecule has 1 aromatic rings. The van der Waals surface area contributed by atoms with Crippen molar-refractivity contribution in [3.63, 3.8) is 0 Å². The number of hydrogen-bond donors (Lipinski definition) is 1. The van der Waals surface area contributed by atoms with Gasteiger partial charge in [-0.2, -0.15) is 13.2 Å². The van der Waals surface area contributed by atoms with Gasteiger partial charge in [0.05, 0.1) is 0 Å². The molecule has 0 radical (unpaired) electrons. The second-order valence-electron chi connectivity index (χ2n) is 3.35. The minimum atomic E-state index is -5.04. The Kier molecular flexibility index (Phi) is 4.10. The maximum atomic E-state index is 12.6. The van der Waals surface area contributed by atoms with E-state index in [-0.39, 0.29) is 0 Å². The van der Waals surface area contributed by atoms with E-state index >= 15 is 0 Å². The van der Waals surface area contributed by atoms with Gasteiger partial charge in [0.25, 0.3) is 0 Å². The van der Waals surface area contributed by atoms with Gasteiger partial charge < -0.3 is 10.1 Å². The first-order valence-corrected chi connectivity index (χ1v) is 4.74. The van der Waals surface area contributed by atoms with Crippen LogP contribution in [0.3, 0.4) is 0 Å². The molecule has 1 atom stereocenters. The van der Waals surface area contributed by atoms with Crippen LogP contribution in [0.2, 0.25) is 0 Å². The van der Waals surface area contributed by atoms with E-state index in [1.165, 1.54) is 6.07 Å². The summed E-state index contributed by atoms with van der Waals surface area (Å²) in [5, 5.41) is 1.91. The smallest absolute Gasteiger partial charge is 0.405 e. The molecule has 0 aromatic heterocycles. The van der Waals surface area contributed by atoms with E-state index in [2.05, 4.69) is 4.74 Å². The van der Waals surface area contributed by atoms with Crippen molar-refractivity contribution in [2.75, 3.05) is 7.05 Å². The van der Waals surface area contributed by atoms with Crippen molar-refractivity contribution in [2.24, 2.45) is 0 Å². The number of hydrogen-bond acceptors (Lipinski definition) is 2. The molecule has 1 aromatic carbocycles. The maximum absolute atomic E-state index is 12.6. The van der Waals surface area contributed by atoms with Gasteiger partial charge >= 0.3 is 12.5 Å². The van der Waals surface area contributed by atoms with Crippen LogP contribution in [-0.4, -0.2) is 19.6 Å². The zero-order chi connectivity index (χ0) is 14.0. The topological polar surface area (TPSA) is 21.3 Å². The lowest BCUT2D eigenvalue weighted by Gasteiger charge is -2.22. The third-order valence-corrected chi connectivity index (χ3v) is 2.07. The van der Waals surface area contributed by atoms with Crippen LogP contribution in [0.1, 0.15) is 11.6 Å². The Bertz CT molecular complexity index is 400. The summed E-state index contributed by atoms with van der Waals surface area (Å²) in [5.74, 6) is -0.873. The molecule has 18 heavy (non-hydrogen) atoms. The fourth-order valence-corrected chi connectivity index (χ4v) is 1.43. The number of halogens is 6. The molecule has 0 amide bonds. The van der Waals surface area contributed by atoms with Crippen molar-refractivity contribution in [1.82, 2.24) is 5.32 Å². The van der Waals surface area contributed by atoms with Crippen LogP contribution in [0, 0.1) is 0 Å². The summed E-state index contributed by atoms with van der Waals surface area (Å²) in [6, 6.07) is 1.90. The van der Waals surface area contributed by atoms with Crippen molar-refractivity contribution < 1.29 is 31.1 Å². The molecule has 102 valence electrons. The van der Waals surface area contributed by atoms with Gasteiger partial charge in [0, 0.05) is 5.56 Å². The standard InChI is InChI=1S/C10H9F6NO/c1-17-8(9(11,12)13)6-4-2-3-5-7(6)18-10(14,15)16/h2-5,8,17H,1H3. The third kappa shape index (κ3) is 3.80. The Morgan fingerprint density at radius 1 is 1.06 bits per heavy atom. The summed E-state index contributed by atoms with van der Waals surface area (Å²) >= 11 is 0. The van der Waals surface area contributed by atoms with Crippen molar-refractivity contribution in [1.29, 1.82) is 0 Å². The molecule has 1 N–H and O–H groups in total. The molecule has 0 heterocycles. The van der Waals surface area contributed by atoms with Gasteiger partial charge in [-0.05, 0) is 13.1 Å². The quantitative estimate of drug-likeness (QED) is 0.852. The van der Waals surface area contributed by atoms with Gasteiger partial charge in [-0.1, -0.05) is 18.2 Å². The SMILES string of the molecule is CNC(c1ccccc1OC(F)(F)F)C(F)(F)F. The highest BCUT2D eigenvalue weighted by Crippen LogP contribution is 2.38. The molecular formula is C10H9F6NO. The van der Waals surface area contributed by atoms with Gasteiger partial charge in [-0.3, -0.25) is 0 Å². The summed E-state index contributed by atoms with van der Waals surface area (Å²) in [5.41, 5.74) is -0.621. The number of nitrogens with one attached hydrogen (secondary N) is 1. The molecule has 0 saturated carbocycles. The van der Waals surface area contributed by atoms with E-state index in [9.17, 15) is 26.3 Å². The molecule has 0 bridgehead atoms. The Morgan fingerprint density at radius 3 is 2.06 bits per heavy atom. The van der Waals surface area contributed by atoms with Crippen LogP contribution in [0.25, 0.3) is 0 Å². The van der Waals surface area contributed by atoms with E-state index in [1.807, 2.05) is 5.32 Å². The minimum absolute atomic E-state index is 0.621. The Labute approximate surface area is 98.5 Å². The lowest BCUT2D eigenvalue weighted by molar-refractivity contribution is -0.275. The normalized spacial score (nSPS) is 14.4. The first kappa shape index (κ1) is 14.6. The van der Waals surface area contributed by atoms with Crippen molar-refractivity contribution in [3.8, 4) is 5.75 Å². The number of ether oxygens (including phenoxy) is 1. The number of para-hydroxylation sites is 1. The molecule has 8 heteroatoms. The fourth-order valence-electron chi connectivity index (χ4n) is 1.43. The Hall–Kier alpha value is -1.44. The third-order valence-electron chi connectivity index (χ3n) is 2.07. The molecular weight excluding hydrogens is 264 g/mol. The lowest BCUT2D eigenvalue weighted by Crippen LogP contribution is -2.32. The summed E-state index contributed by atoms with van der Waals surface area (Å²) in [6.45, 7) is 0. The molecule has 1 rings (SSSR count). The Morgan fingerprint density at radius 2 is 1.61 bits per heavy atom. The fraction of sp³-hybridized carbons (Fsp3) is 0.400. The van der Waals surface area contributed by atoms with Gasteiger partial charge in [0.15, 0.2) is 0 Å². The molecule has 2 nitrogen and oxygen atoms in total. The zero-order valence-corrected chi connectivity index (χ0v) is 9.06. The maximum Gasteiger partial charge on any atom is 0.573 e.